The van der Waals surface area contributed by atoms with Gasteiger partial charge in [0, 0.05) is 12.4 Å². The smallest absolute Gasteiger partial charge is 0.274 e. The van der Waals surface area contributed by atoms with Crippen LogP contribution in [0.1, 0.15) is 55.0 Å². The Hall–Kier alpha value is -2.24. The van der Waals surface area contributed by atoms with E-state index in [9.17, 15) is 4.79 Å². The second-order valence-electron chi connectivity index (χ2n) is 6.33. The van der Waals surface area contributed by atoms with Crippen molar-refractivity contribution in [1.82, 2.24) is 25.7 Å². The summed E-state index contributed by atoms with van der Waals surface area (Å²) in [4.78, 5) is 16.5. The molecule has 0 saturated carbocycles. The van der Waals surface area contributed by atoms with Crippen LogP contribution in [0.25, 0.3) is 0 Å². The first-order valence-corrected chi connectivity index (χ1v) is 6.95. The molecule has 0 aliphatic rings. The maximum atomic E-state index is 12.3. The molecule has 112 valence electrons. The summed E-state index contributed by atoms with van der Waals surface area (Å²) in [6.07, 6.45) is 4.31. The van der Waals surface area contributed by atoms with Gasteiger partial charge < -0.3 is 5.32 Å². The van der Waals surface area contributed by atoms with Crippen molar-refractivity contribution in [3.63, 3.8) is 0 Å². The summed E-state index contributed by atoms with van der Waals surface area (Å²) in [6.45, 7) is 8.18. The predicted octanol–water partition coefficient (Wildman–Crippen LogP) is 2.42. The highest BCUT2D eigenvalue weighted by Crippen LogP contribution is 2.29. The molecule has 0 saturated heterocycles. The lowest BCUT2D eigenvalue weighted by Crippen LogP contribution is -2.32. The number of rotatable bonds is 4. The average molecular weight is 287 g/mol. The van der Waals surface area contributed by atoms with E-state index in [2.05, 4.69) is 46.5 Å². The van der Waals surface area contributed by atoms with Gasteiger partial charge >= 0.3 is 0 Å². The highest BCUT2D eigenvalue weighted by molar-refractivity contribution is 5.93. The third-order valence-corrected chi connectivity index (χ3v) is 3.15. The summed E-state index contributed by atoms with van der Waals surface area (Å²) in [5, 5.41) is 13.3. The Kier molecular flexibility index (Phi) is 4.35. The first-order valence-electron chi connectivity index (χ1n) is 6.95. The lowest BCUT2D eigenvalue weighted by molar-refractivity contribution is 0.0920. The molecule has 2 heterocycles. The van der Waals surface area contributed by atoms with Crippen LogP contribution in [0.15, 0.2) is 24.5 Å². The summed E-state index contributed by atoms with van der Waals surface area (Å²) in [5.41, 5.74) is 1.99. The summed E-state index contributed by atoms with van der Waals surface area (Å²) in [6, 6.07) is 3.74. The number of pyridine rings is 1. The summed E-state index contributed by atoms with van der Waals surface area (Å²) in [5.74, 6) is -0.223. The normalized spacial score (nSPS) is 13.0. The van der Waals surface area contributed by atoms with Crippen molar-refractivity contribution < 1.29 is 4.79 Å². The third kappa shape index (κ3) is 4.11. The fourth-order valence-corrected chi connectivity index (χ4v) is 2.17. The van der Waals surface area contributed by atoms with Crippen LogP contribution in [0, 0.1) is 12.3 Å². The highest BCUT2D eigenvalue weighted by atomic mass is 16.2. The van der Waals surface area contributed by atoms with Crippen molar-refractivity contribution in [3.05, 3.63) is 41.5 Å². The van der Waals surface area contributed by atoms with Gasteiger partial charge in [-0.2, -0.15) is 15.4 Å². The molecule has 0 bridgehead atoms. The number of carbonyl (C=O) groups excluding carboxylic acids is 1. The minimum absolute atomic E-state index is 0.0760. The van der Waals surface area contributed by atoms with Gasteiger partial charge in [0.1, 0.15) is 0 Å². The van der Waals surface area contributed by atoms with Crippen molar-refractivity contribution >= 4 is 5.91 Å². The third-order valence-electron chi connectivity index (χ3n) is 3.15. The molecule has 0 spiro atoms. The van der Waals surface area contributed by atoms with Crippen LogP contribution in [0.5, 0.6) is 0 Å². The first-order chi connectivity index (χ1) is 9.87. The van der Waals surface area contributed by atoms with E-state index in [1.807, 2.05) is 12.1 Å². The Labute approximate surface area is 124 Å². The molecule has 21 heavy (non-hydrogen) atoms. The quantitative estimate of drug-likeness (QED) is 0.904. The monoisotopic (exact) mass is 287 g/mol. The lowest BCUT2D eigenvalue weighted by atomic mass is 9.86. The van der Waals surface area contributed by atoms with E-state index in [1.54, 1.807) is 19.3 Å². The molecule has 6 nitrogen and oxygen atoms in total. The molecule has 0 fully saturated rings. The Morgan fingerprint density at radius 3 is 2.67 bits per heavy atom. The molecule has 0 aliphatic heterocycles. The summed E-state index contributed by atoms with van der Waals surface area (Å²) < 4.78 is 0. The van der Waals surface area contributed by atoms with E-state index in [4.69, 9.17) is 0 Å². The van der Waals surface area contributed by atoms with Gasteiger partial charge in [0.15, 0.2) is 5.69 Å². The number of nitrogens with zero attached hydrogens (tertiary/aromatic N) is 3. The predicted molar refractivity (Wildman–Crippen MR) is 79.6 cm³/mol. The Morgan fingerprint density at radius 2 is 2.14 bits per heavy atom. The fraction of sp³-hybridized carbons (Fsp3) is 0.467. The first kappa shape index (κ1) is 15.2. The molecule has 2 rings (SSSR count). The molecule has 0 aliphatic carbocycles. The number of aromatic nitrogens is 4. The molecule has 2 aromatic rings. The minimum Gasteiger partial charge on any atom is -0.344 e. The lowest BCUT2D eigenvalue weighted by Gasteiger charge is -2.26. The van der Waals surface area contributed by atoms with Gasteiger partial charge in [0.2, 0.25) is 0 Å². The number of nitrogens with one attached hydrogen (secondary N) is 2. The Balaban J connectivity index is 2.21. The molecule has 0 radical (unpaired) electrons. The highest BCUT2D eigenvalue weighted by Gasteiger charge is 2.24. The zero-order chi connectivity index (χ0) is 15.5. The zero-order valence-electron chi connectivity index (χ0n) is 12.8. The average Bonchev–Trinajstić information content (AvgIpc) is 2.84. The number of hydrogen-bond acceptors (Lipinski definition) is 4. The van der Waals surface area contributed by atoms with E-state index < -0.39 is 0 Å². The van der Waals surface area contributed by atoms with Crippen LogP contribution in [-0.2, 0) is 0 Å². The topological polar surface area (TPSA) is 83.6 Å². The van der Waals surface area contributed by atoms with Crippen LogP contribution < -0.4 is 5.32 Å². The zero-order valence-corrected chi connectivity index (χ0v) is 12.8. The van der Waals surface area contributed by atoms with Crippen molar-refractivity contribution in [3.8, 4) is 0 Å². The van der Waals surface area contributed by atoms with Gasteiger partial charge in [-0.15, -0.1) is 0 Å². The second kappa shape index (κ2) is 6.03. The number of hydrogen-bond donors (Lipinski definition) is 2. The number of carbonyl (C=O) groups is 1. The van der Waals surface area contributed by atoms with Crippen LogP contribution in [0.2, 0.25) is 0 Å². The van der Waals surface area contributed by atoms with Gasteiger partial charge in [-0.25, -0.2) is 0 Å². The van der Waals surface area contributed by atoms with Crippen LogP contribution >= 0.6 is 0 Å². The van der Waals surface area contributed by atoms with Gasteiger partial charge in [0.25, 0.3) is 5.91 Å². The maximum absolute atomic E-state index is 12.3. The van der Waals surface area contributed by atoms with Gasteiger partial charge in [-0.3, -0.25) is 9.78 Å². The van der Waals surface area contributed by atoms with E-state index in [1.165, 1.54) is 0 Å². The summed E-state index contributed by atoms with van der Waals surface area (Å²) >= 11 is 0. The Morgan fingerprint density at radius 1 is 1.38 bits per heavy atom. The van der Waals surface area contributed by atoms with E-state index in [0.29, 0.717) is 11.4 Å². The SMILES string of the molecule is Cc1n[nH]nc1C(=O)N[C@@H](CC(C)(C)C)c1cccnc1. The Bertz CT molecular complexity index is 600. The van der Waals surface area contributed by atoms with Gasteiger partial charge in [-0.05, 0) is 30.4 Å². The van der Waals surface area contributed by atoms with Gasteiger partial charge in [0.05, 0.1) is 11.7 Å². The fourth-order valence-electron chi connectivity index (χ4n) is 2.17. The molecule has 2 aromatic heterocycles. The molecule has 1 amide bonds. The van der Waals surface area contributed by atoms with E-state index >= 15 is 0 Å². The molecule has 1 atom stereocenters. The van der Waals surface area contributed by atoms with Crippen molar-refractivity contribution in [2.24, 2.45) is 5.41 Å². The number of aryl methyl sites for hydroxylation is 1. The molecule has 0 unspecified atom stereocenters. The minimum atomic E-state index is -0.223. The van der Waals surface area contributed by atoms with Crippen molar-refractivity contribution in [1.29, 1.82) is 0 Å². The molecule has 0 aromatic carbocycles. The van der Waals surface area contributed by atoms with Crippen LogP contribution in [0.3, 0.4) is 0 Å². The second-order valence-corrected chi connectivity index (χ2v) is 6.33. The largest absolute Gasteiger partial charge is 0.344 e. The van der Waals surface area contributed by atoms with Gasteiger partial charge in [-0.1, -0.05) is 26.8 Å². The summed E-state index contributed by atoms with van der Waals surface area (Å²) in [7, 11) is 0. The number of H-pyrrole nitrogens is 1. The van der Waals surface area contributed by atoms with Crippen LogP contribution in [0.4, 0.5) is 0 Å². The molecule has 6 heteroatoms. The number of amides is 1. The number of aromatic amines is 1. The van der Waals surface area contributed by atoms with Crippen molar-refractivity contribution in [2.75, 3.05) is 0 Å². The van der Waals surface area contributed by atoms with Crippen LogP contribution in [-0.4, -0.2) is 26.3 Å². The standard InChI is InChI=1S/C15H21N5O/c1-10-13(19-20-18-10)14(21)17-12(8-15(2,3)4)11-6-5-7-16-9-11/h5-7,9,12H,8H2,1-4H3,(H,17,21)(H,18,19,20)/t12-/m0/s1. The maximum Gasteiger partial charge on any atom is 0.274 e. The molecular formula is C15H21N5O. The van der Waals surface area contributed by atoms with Crippen molar-refractivity contribution in [2.45, 2.75) is 40.2 Å². The van der Waals surface area contributed by atoms with E-state index in [0.717, 1.165) is 12.0 Å². The molecule has 2 N–H and O–H groups in total. The molecular weight excluding hydrogens is 266 g/mol. The van der Waals surface area contributed by atoms with E-state index in [-0.39, 0.29) is 17.4 Å².